The number of pyridine rings is 1. The summed E-state index contributed by atoms with van der Waals surface area (Å²) in [7, 11) is 0. The van der Waals surface area contributed by atoms with E-state index in [1.807, 2.05) is 30.3 Å². The Labute approximate surface area is 144 Å². The van der Waals surface area contributed by atoms with Gasteiger partial charge in [-0.3, -0.25) is 4.79 Å². The number of hydrogen-bond donors (Lipinski definition) is 4. The Morgan fingerprint density at radius 2 is 1.88 bits per heavy atom. The van der Waals surface area contributed by atoms with Crippen LogP contribution in [0.4, 0.5) is 0 Å². The molecule has 1 heterocycles. The summed E-state index contributed by atoms with van der Waals surface area (Å²) >= 11 is 0. The van der Waals surface area contributed by atoms with Crippen LogP contribution in [0.3, 0.4) is 0 Å². The first-order valence-electron chi connectivity index (χ1n) is 8.06. The average molecular weight is 340 g/mol. The van der Waals surface area contributed by atoms with Crippen LogP contribution in [0.5, 0.6) is 11.5 Å². The second-order valence-electron chi connectivity index (χ2n) is 5.67. The molecule has 0 spiro atoms. The fraction of sp³-hybridized carbons (Fsp3) is 0.211. The summed E-state index contributed by atoms with van der Waals surface area (Å²) in [6, 6.07) is 15.6. The number of H-pyrrole nitrogens is 1. The van der Waals surface area contributed by atoms with Gasteiger partial charge in [0.25, 0.3) is 0 Å². The quantitative estimate of drug-likeness (QED) is 0.493. The van der Waals surface area contributed by atoms with Gasteiger partial charge in [-0.05, 0) is 29.8 Å². The SMILES string of the molecule is O=c1ccc2c(C(O)CNCCOc3ccccc3)ccc(O)c2[nH]1. The van der Waals surface area contributed by atoms with Gasteiger partial charge in [-0.1, -0.05) is 24.3 Å². The van der Waals surface area contributed by atoms with E-state index in [2.05, 4.69) is 10.3 Å². The van der Waals surface area contributed by atoms with Crippen molar-refractivity contribution >= 4 is 10.9 Å². The van der Waals surface area contributed by atoms with Gasteiger partial charge in [0.05, 0.1) is 11.6 Å². The lowest BCUT2D eigenvalue weighted by molar-refractivity contribution is 0.173. The Kier molecular flexibility index (Phi) is 5.33. The summed E-state index contributed by atoms with van der Waals surface area (Å²) in [6.45, 7) is 1.40. The van der Waals surface area contributed by atoms with Gasteiger partial charge in [-0.2, -0.15) is 0 Å². The first kappa shape index (κ1) is 17.0. The first-order valence-corrected chi connectivity index (χ1v) is 8.06. The summed E-state index contributed by atoms with van der Waals surface area (Å²) in [5, 5.41) is 24.0. The van der Waals surface area contributed by atoms with Gasteiger partial charge in [-0.15, -0.1) is 0 Å². The minimum atomic E-state index is -0.772. The van der Waals surface area contributed by atoms with Gasteiger partial charge in [0.1, 0.15) is 18.1 Å². The van der Waals surface area contributed by atoms with Gasteiger partial charge in [-0.25, -0.2) is 0 Å². The molecule has 1 unspecified atom stereocenters. The van der Waals surface area contributed by atoms with Crippen molar-refractivity contribution in [2.24, 2.45) is 0 Å². The summed E-state index contributed by atoms with van der Waals surface area (Å²) in [5.41, 5.74) is 0.669. The van der Waals surface area contributed by atoms with E-state index in [-0.39, 0.29) is 11.3 Å². The molecule has 0 aliphatic rings. The molecule has 0 saturated heterocycles. The Bertz CT molecular complexity index is 893. The molecule has 3 rings (SSSR count). The van der Waals surface area contributed by atoms with E-state index in [1.165, 1.54) is 12.1 Å². The van der Waals surface area contributed by atoms with Crippen LogP contribution >= 0.6 is 0 Å². The number of phenolic OH excluding ortho intramolecular Hbond substituents is 1. The normalized spacial score (nSPS) is 12.2. The molecule has 0 amide bonds. The molecule has 6 nitrogen and oxygen atoms in total. The monoisotopic (exact) mass is 340 g/mol. The molecule has 0 fully saturated rings. The Hall–Kier alpha value is -2.83. The van der Waals surface area contributed by atoms with Gasteiger partial charge >= 0.3 is 0 Å². The van der Waals surface area contributed by atoms with Crippen molar-refractivity contribution in [1.82, 2.24) is 10.3 Å². The molecule has 6 heteroatoms. The highest BCUT2D eigenvalue weighted by Crippen LogP contribution is 2.28. The first-order chi connectivity index (χ1) is 12.1. The van der Waals surface area contributed by atoms with Crippen LogP contribution in [0.2, 0.25) is 0 Å². The minimum Gasteiger partial charge on any atom is -0.506 e. The van der Waals surface area contributed by atoms with Crippen molar-refractivity contribution in [1.29, 1.82) is 0 Å². The predicted octanol–water partition coefficient (Wildman–Crippen LogP) is 1.94. The Morgan fingerprint density at radius 1 is 1.08 bits per heavy atom. The molecule has 4 N–H and O–H groups in total. The molecule has 0 saturated carbocycles. The molecule has 1 atom stereocenters. The number of nitrogens with one attached hydrogen (secondary N) is 2. The molecule has 3 aromatic rings. The number of aliphatic hydroxyl groups is 1. The van der Waals surface area contributed by atoms with Crippen LogP contribution in [0.1, 0.15) is 11.7 Å². The van der Waals surface area contributed by atoms with E-state index in [9.17, 15) is 15.0 Å². The summed E-state index contributed by atoms with van der Waals surface area (Å²) in [4.78, 5) is 14.0. The van der Waals surface area contributed by atoms with Crippen molar-refractivity contribution in [2.75, 3.05) is 19.7 Å². The second kappa shape index (κ2) is 7.83. The van der Waals surface area contributed by atoms with E-state index < -0.39 is 6.10 Å². The number of aliphatic hydroxyl groups excluding tert-OH is 1. The molecule has 0 radical (unpaired) electrons. The summed E-state index contributed by atoms with van der Waals surface area (Å²) in [5.74, 6) is 0.784. The predicted molar refractivity (Wildman–Crippen MR) is 96.0 cm³/mol. The number of hydrogen-bond acceptors (Lipinski definition) is 5. The van der Waals surface area contributed by atoms with E-state index in [0.717, 1.165) is 5.75 Å². The summed E-state index contributed by atoms with van der Waals surface area (Å²) in [6.07, 6.45) is -0.772. The highest BCUT2D eigenvalue weighted by atomic mass is 16.5. The van der Waals surface area contributed by atoms with E-state index in [1.54, 1.807) is 12.1 Å². The Balaban J connectivity index is 1.58. The van der Waals surface area contributed by atoms with E-state index in [0.29, 0.717) is 36.2 Å². The Morgan fingerprint density at radius 3 is 2.68 bits per heavy atom. The number of aromatic hydroxyl groups is 1. The third-order valence-corrected chi connectivity index (χ3v) is 3.89. The van der Waals surface area contributed by atoms with Crippen molar-refractivity contribution in [3.05, 3.63) is 70.5 Å². The van der Waals surface area contributed by atoms with E-state index >= 15 is 0 Å². The topological polar surface area (TPSA) is 94.6 Å². The number of para-hydroxylation sites is 1. The lowest BCUT2D eigenvalue weighted by Crippen LogP contribution is -2.26. The van der Waals surface area contributed by atoms with Crippen molar-refractivity contribution < 1.29 is 14.9 Å². The van der Waals surface area contributed by atoms with Crippen LogP contribution in [0, 0.1) is 0 Å². The fourth-order valence-electron chi connectivity index (χ4n) is 2.66. The standard InChI is InChI=1S/C19H20N2O4/c22-16-8-6-14(15-7-9-18(24)21-19(15)16)17(23)12-20-10-11-25-13-4-2-1-3-5-13/h1-9,17,20,22-23H,10-12H2,(H,21,24). The van der Waals surface area contributed by atoms with Crippen LogP contribution in [-0.2, 0) is 0 Å². The third kappa shape index (κ3) is 4.17. The molecule has 1 aromatic heterocycles. The molecule has 0 aliphatic heterocycles. The number of rotatable bonds is 7. The lowest BCUT2D eigenvalue weighted by Gasteiger charge is -2.15. The number of fused-ring (bicyclic) bond motifs is 1. The zero-order valence-electron chi connectivity index (χ0n) is 13.6. The van der Waals surface area contributed by atoms with Crippen LogP contribution in [0.25, 0.3) is 10.9 Å². The largest absolute Gasteiger partial charge is 0.506 e. The number of ether oxygens (including phenoxy) is 1. The van der Waals surface area contributed by atoms with Crippen LogP contribution < -0.4 is 15.6 Å². The highest BCUT2D eigenvalue weighted by Gasteiger charge is 2.13. The van der Waals surface area contributed by atoms with Crippen LogP contribution in [-0.4, -0.2) is 34.9 Å². The lowest BCUT2D eigenvalue weighted by atomic mass is 10.0. The maximum Gasteiger partial charge on any atom is 0.248 e. The zero-order valence-corrected chi connectivity index (χ0v) is 13.6. The summed E-state index contributed by atoms with van der Waals surface area (Å²) < 4.78 is 5.58. The maximum atomic E-state index is 11.4. The molecule has 25 heavy (non-hydrogen) atoms. The van der Waals surface area contributed by atoms with Gasteiger partial charge in [0, 0.05) is 24.5 Å². The molecule has 0 aliphatic carbocycles. The van der Waals surface area contributed by atoms with Gasteiger partial charge in [0.15, 0.2) is 0 Å². The molecular formula is C19H20N2O4. The van der Waals surface area contributed by atoms with Gasteiger partial charge < -0.3 is 25.3 Å². The molecule has 130 valence electrons. The number of aromatic amines is 1. The molecule has 2 aromatic carbocycles. The average Bonchev–Trinajstić information content (AvgIpc) is 2.63. The number of benzene rings is 2. The minimum absolute atomic E-state index is 0.0205. The number of phenols is 1. The van der Waals surface area contributed by atoms with Crippen LogP contribution in [0.15, 0.2) is 59.4 Å². The zero-order chi connectivity index (χ0) is 17.6. The van der Waals surface area contributed by atoms with Crippen molar-refractivity contribution in [3.63, 3.8) is 0 Å². The second-order valence-corrected chi connectivity index (χ2v) is 5.67. The highest BCUT2D eigenvalue weighted by molar-refractivity contribution is 5.87. The fourth-order valence-corrected chi connectivity index (χ4v) is 2.66. The molecule has 0 bridgehead atoms. The third-order valence-electron chi connectivity index (χ3n) is 3.89. The van der Waals surface area contributed by atoms with E-state index in [4.69, 9.17) is 4.74 Å². The smallest absolute Gasteiger partial charge is 0.248 e. The molecular weight excluding hydrogens is 320 g/mol. The number of aromatic nitrogens is 1. The maximum absolute atomic E-state index is 11.4. The van der Waals surface area contributed by atoms with Crippen molar-refractivity contribution in [3.8, 4) is 11.5 Å². The van der Waals surface area contributed by atoms with Gasteiger partial charge in [0.2, 0.25) is 5.56 Å². The van der Waals surface area contributed by atoms with Crippen molar-refractivity contribution in [2.45, 2.75) is 6.10 Å².